The van der Waals surface area contributed by atoms with Crippen LogP contribution in [0.15, 0.2) is 0 Å². The second kappa shape index (κ2) is 4.25. The highest BCUT2D eigenvalue weighted by Crippen LogP contribution is 2.26. The summed E-state index contributed by atoms with van der Waals surface area (Å²) in [5.41, 5.74) is 5.11. The van der Waals surface area contributed by atoms with Crippen molar-refractivity contribution in [3.05, 3.63) is 0 Å². The summed E-state index contributed by atoms with van der Waals surface area (Å²) in [7, 11) is 0. The third-order valence-corrected chi connectivity index (χ3v) is 2.59. The third-order valence-electron chi connectivity index (χ3n) is 2.59. The predicted molar refractivity (Wildman–Crippen MR) is 51.6 cm³/mol. The molecule has 0 aromatic carbocycles. The van der Waals surface area contributed by atoms with Crippen LogP contribution in [0, 0.1) is 5.41 Å². The molecule has 0 bridgehead atoms. The Labute approximate surface area is 83.6 Å². The highest BCUT2D eigenvalue weighted by Gasteiger charge is 2.44. The van der Waals surface area contributed by atoms with Crippen LogP contribution in [-0.4, -0.2) is 42.9 Å². The number of nitrogens with one attached hydrogen (secondary N) is 1. The quantitative estimate of drug-likeness (QED) is 0.539. The van der Waals surface area contributed by atoms with E-state index in [1.807, 2.05) is 0 Å². The Morgan fingerprint density at radius 3 is 2.93 bits per heavy atom. The van der Waals surface area contributed by atoms with E-state index in [9.17, 15) is 4.79 Å². The lowest BCUT2D eigenvalue weighted by molar-refractivity contribution is -0.131. The molecule has 0 aromatic heterocycles. The summed E-state index contributed by atoms with van der Waals surface area (Å²) in [5.74, 6) is -0.150. The lowest BCUT2D eigenvalue weighted by atomic mass is 9.85. The Balaban J connectivity index is 2.50. The standard InChI is InChI=1S/C9H18N2O3/c1-6(12)3-11-8(13)9(2)5-14-4-7(9)10/h6-7,12H,3-5,10H2,1-2H3,(H,11,13)/t6-,7?,9?/m0/s1. The van der Waals surface area contributed by atoms with Crippen molar-refractivity contribution in [1.29, 1.82) is 0 Å². The first-order valence-electron chi connectivity index (χ1n) is 4.76. The number of aliphatic hydroxyl groups excluding tert-OH is 1. The van der Waals surface area contributed by atoms with Crippen molar-refractivity contribution in [2.45, 2.75) is 26.0 Å². The first-order chi connectivity index (χ1) is 6.47. The van der Waals surface area contributed by atoms with Crippen LogP contribution >= 0.6 is 0 Å². The van der Waals surface area contributed by atoms with Crippen molar-refractivity contribution in [2.24, 2.45) is 11.1 Å². The van der Waals surface area contributed by atoms with Gasteiger partial charge in [-0.05, 0) is 13.8 Å². The van der Waals surface area contributed by atoms with Gasteiger partial charge in [-0.3, -0.25) is 4.79 Å². The van der Waals surface area contributed by atoms with Gasteiger partial charge in [-0.2, -0.15) is 0 Å². The zero-order valence-electron chi connectivity index (χ0n) is 8.62. The van der Waals surface area contributed by atoms with Gasteiger partial charge < -0.3 is 20.9 Å². The average molecular weight is 202 g/mol. The summed E-state index contributed by atoms with van der Waals surface area (Å²) < 4.78 is 5.15. The zero-order chi connectivity index (χ0) is 10.8. The molecule has 0 spiro atoms. The maximum atomic E-state index is 11.7. The minimum absolute atomic E-state index is 0.150. The highest BCUT2D eigenvalue weighted by atomic mass is 16.5. The normalized spacial score (nSPS) is 34.1. The van der Waals surface area contributed by atoms with Gasteiger partial charge in [0, 0.05) is 12.6 Å². The zero-order valence-corrected chi connectivity index (χ0v) is 8.62. The maximum absolute atomic E-state index is 11.7. The molecular weight excluding hydrogens is 184 g/mol. The molecule has 1 amide bonds. The van der Waals surface area contributed by atoms with Crippen molar-refractivity contribution in [3.63, 3.8) is 0 Å². The van der Waals surface area contributed by atoms with Gasteiger partial charge in [0.1, 0.15) is 0 Å². The van der Waals surface area contributed by atoms with Crippen LogP contribution in [0.5, 0.6) is 0 Å². The van der Waals surface area contributed by atoms with Crippen LogP contribution in [0.2, 0.25) is 0 Å². The SMILES string of the molecule is C[C@H](O)CNC(=O)C1(C)COCC1N. The van der Waals surface area contributed by atoms with E-state index in [1.54, 1.807) is 13.8 Å². The van der Waals surface area contributed by atoms with E-state index < -0.39 is 11.5 Å². The second-order valence-electron chi connectivity index (χ2n) is 4.10. The monoisotopic (exact) mass is 202 g/mol. The molecule has 4 N–H and O–H groups in total. The van der Waals surface area contributed by atoms with Crippen molar-refractivity contribution >= 4 is 5.91 Å². The molecular formula is C9H18N2O3. The van der Waals surface area contributed by atoms with Gasteiger partial charge in [0.25, 0.3) is 0 Å². The van der Waals surface area contributed by atoms with Crippen LogP contribution in [0.25, 0.3) is 0 Å². The Morgan fingerprint density at radius 1 is 1.86 bits per heavy atom. The third kappa shape index (κ3) is 2.23. The molecule has 1 aliphatic rings. The van der Waals surface area contributed by atoms with E-state index in [0.717, 1.165) is 0 Å². The fraction of sp³-hybridized carbons (Fsp3) is 0.889. The van der Waals surface area contributed by atoms with Gasteiger partial charge in [0.15, 0.2) is 0 Å². The number of amides is 1. The number of rotatable bonds is 3. The second-order valence-corrected chi connectivity index (χ2v) is 4.10. The van der Waals surface area contributed by atoms with Gasteiger partial charge in [0.2, 0.25) is 5.91 Å². The maximum Gasteiger partial charge on any atom is 0.230 e. The summed E-state index contributed by atoms with van der Waals surface area (Å²) in [6.45, 7) is 4.41. The molecule has 1 heterocycles. The minimum atomic E-state index is -0.658. The largest absolute Gasteiger partial charge is 0.392 e. The van der Waals surface area contributed by atoms with E-state index in [0.29, 0.717) is 13.2 Å². The molecule has 82 valence electrons. The van der Waals surface area contributed by atoms with Crippen molar-refractivity contribution in [2.75, 3.05) is 19.8 Å². The molecule has 0 saturated carbocycles. The molecule has 1 fully saturated rings. The Kier molecular flexibility index (Phi) is 3.47. The number of nitrogens with two attached hydrogens (primary N) is 1. The van der Waals surface area contributed by atoms with Crippen LogP contribution in [0.3, 0.4) is 0 Å². The van der Waals surface area contributed by atoms with Crippen LogP contribution in [0.1, 0.15) is 13.8 Å². The predicted octanol–water partition coefficient (Wildman–Crippen LogP) is -1.15. The van der Waals surface area contributed by atoms with E-state index in [2.05, 4.69) is 5.32 Å². The summed E-state index contributed by atoms with van der Waals surface area (Å²) >= 11 is 0. The number of aliphatic hydroxyl groups is 1. The first kappa shape index (κ1) is 11.4. The van der Waals surface area contributed by atoms with Crippen LogP contribution in [0.4, 0.5) is 0 Å². The smallest absolute Gasteiger partial charge is 0.230 e. The minimum Gasteiger partial charge on any atom is -0.392 e. The summed E-state index contributed by atoms with van der Waals surface area (Å²) in [4.78, 5) is 11.7. The molecule has 5 nitrogen and oxygen atoms in total. The van der Waals surface area contributed by atoms with Crippen LogP contribution < -0.4 is 11.1 Å². The molecule has 3 atom stereocenters. The van der Waals surface area contributed by atoms with Gasteiger partial charge in [-0.15, -0.1) is 0 Å². The Bertz CT molecular complexity index is 220. The lowest BCUT2D eigenvalue weighted by Gasteiger charge is -2.25. The van der Waals surface area contributed by atoms with E-state index in [4.69, 9.17) is 15.6 Å². The highest BCUT2D eigenvalue weighted by molar-refractivity contribution is 5.83. The number of hydrogen-bond acceptors (Lipinski definition) is 4. The molecule has 1 rings (SSSR count). The Morgan fingerprint density at radius 2 is 2.50 bits per heavy atom. The summed E-state index contributed by atoms with van der Waals surface area (Å²) in [6.07, 6.45) is -0.541. The summed E-state index contributed by atoms with van der Waals surface area (Å²) in [5, 5.41) is 11.7. The number of hydrogen-bond donors (Lipinski definition) is 3. The fourth-order valence-electron chi connectivity index (χ4n) is 1.37. The van der Waals surface area contributed by atoms with E-state index in [1.165, 1.54) is 0 Å². The van der Waals surface area contributed by atoms with Gasteiger partial charge in [-0.25, -0.2) is 0 Å². The number of carbonyl (C=O) groups is 1. The average Bonchev–Trinajstić information content (AvgIpc) is 2.44. The number of ether oxygens (including phenoxy) is 1. The van der Waals surface area contributed by atoms with E-state index in [-0.39, 0.29) is 18.5 Å². The Hall–Kier alpha value is -0.650. The van der Waals surface area contributed by atoms with E-state index >= 15 is 0 Å². The fourth-order valence-corrected chi connectivity index (χ4v) is 1.37. The van der Waals surface area contributed by atoms with Gasteiger partial charge in [-0.1, -0.05) is 0 Å². The molecule has 14 heavy (non-hydrogen) atoms. The topological polar surface area (TPSA) is 84.6 Å². The molecule has 5 heteroatoms. The lowest BCUT2D eigenvalue weighted by Crippen LogP contribution is -2.51. The molecule has 1 saturated heterocycles. The van der Waals surface area contributed by atoms with Gasteiger partial charge >= 0.3 is 0 Å². The van der Waals surface area contributed by atoms with Gasteiger partial charge in [0.05, 0.1) is 24.7 Å². The first-order valence-corrected chi connectivity index (χ1v) is 4.76. The van der Waals surface area contributed by atoms with Crippen molar-refractivity contribution < 1.29 is 14.6 Å². The molecule has 0 aromatic rings. The molecule has 1 aliphatic heterocycles. The number of carbonyl (C=O) groups excluding carboxylic acids is 1. The summed E-state index contributed by atoms with van der Waals surface area (Å²) in [6, 6.07) is -0.267. The molecule has 2 unspecified atom stereocenters. The van der Waals surface area contributed by atoms with Crippen molar-refractivity contribution in [3.8, 4) is 0 Å². The molecule has 0 aliphatic carbocycles. The molecule has 0 radical (unpaired) electrons. The van der Waals surface area contributed by atoms with Crippen molar-refractivity contribution in [1.82, 2.24) is 5.32 Å². The van der Waals surface area contributed by atoms with Crippen LogP contribution in [-0.2, 0) is 9.53 Å².